The molecule has 0 unspecified atom stereocenters. The number of nitrogens with one attached hydrogen (secondary N) is 1. The molecule has 174 valence electrons. The number of nitrogens with zero attached hydrogens (tertiary/aromatic N) is 3. The highest BCUT2D eigenvalue weighted by Gasteiger charge is 2.38. The molecule has 5 nitrogen and oxygen atoms in total. The van der Waals surface area contributed by atoms with Crippen LogP contribution in [0.5, 0.6) is 0 Å². The molecule has 2 heterocycles. The van der Waals surface area contributed by atoms with Gasteiger partial charge in [-0.25, -0.2) is 4.39 Å². The maximum absolute atomic E-state index is 13.9. The largest absolute Gasteiger partial charge is 0.353 e. The summed E-state index contributed by atoms with van der Waals surface area (Å²) < 4.78 is 15.8. The number of rotatable bonds is 7. The van der Waals surface area contributed by atoms with E-state index >= 15 is 0 Å². The molecule has 0 bridgehead atoms. The van der Waals surface area contributed by atoms with E-state index in [2.05, 4.69) is 28.3 Å². The van der Waals surface area contributed by atoms with Crippen molar-refractivity contribution in [1.29, 1.82) is 0 Å². The Morgan fingerprint density at radius 3 is 2.56 bits per heavy atom. The lowest BCUT2D eigenvalue weighted by Crippen LogP contribution is -2.48. The first-order valence-electron chi connectivity index (χ1n) is 12.1. The molecule has 0 spiro atoms. The van der Waals surface area contributed by atoms with Gasteiger partial charge in [0.15, 0.2) is 0 Å². The molecular weight excluding hydrogens is 403 g/mol. The van der Waals surface area contributed by atoms with E-state index in [4.69, 9.17) is 0 Å². The highest BCUT2D eigenvalue weighted by molar-refractivity contribution is 5.76. The average Bonchev–Trinajstić information content (AvgIpc) is 3.33. The highest BCUT2D eigenvalue weighted by atomic mass is 19.1. The van der Waals surface area contributed by atoms with Gasteiger partial charge in [-0.3, -0.25) is 9.48 Å². The first kappa shape index (κ1) is 23.0. The van der Waals surface area contributed by atoms with Gasteiger partial charge in [0.1, 0.15) is 5.82 Å². The monoisotopic (exact) mass is 440 g/mol. The van der Waals surface area contributed by atoms with E-state index in [-0.39, 0.29) is 23.2 Å². The van der Waals surface area contributed by atoms with Gasteiger partial charge < -0.3 is 10.2 Å². The summed E-state index contributed by atoms with van der Waals surface area (Å²) in [5.41, 5.74) is 4.59. The van der Waals surface area contributed by atoms with Gasteiger partial charge in [-0.05, 0) is 69.2 Å². The van der Waals surface area contributed by atoms with Gasteiger partial charge in [0.25, 0.3) is 0 Å². The molecule has 1 aliphatic carbocycles. The molecule has 1 aromatic carbocycles. The molecule has 6 heteroatoms. The van der Waals surface area contributed by atoms with Gasteiger partial charge in [0.05, 0.1) is 5.69 Å². The Kier molecular flexibility index (Phi) is 6.99. The van der Waals surface area contributed by atoms with Crippen LogP contribution < -0.4 is 5.32 Å². The van der Waals surface area contributed by atoms with E-state index in [9.17, 15) is 9.18 Å². The summed E-state index contributed by atoms with van der Waals surface area (Å²) in [6.07, 6.45) is 7.94. The Labute approximate surface area is 191 Å². The normalized spacial score (nSPS) is 19.4. The molecule has 0 radical (unpaired) electrons. The number of hydrogen-bond acceptors (Lipinski definition) is 3. The molecule has 1 amide bonds. The molecule has 4 rings (SSSR count). The summed E-state index contributed by atoms with van der Waals surface area (Å²) in [5, 5.41) is 7.70. The zero-order valence-electron chi connectivity index (χ0n) is 19.8. The van der Waals surface area contributed by atoms with Gasteiger partial charge in [0, 0.05) is 50.3 Å². The van der Waals surface area contributed by atoms with Crippen LogP contribution in [-0.4, -0.2) is 46.3 Å². The Balaban J connectivity index is 1.27. The van der Waals surface area contributed by atoms with E-state index in [0.29, 0.717) is 6.42 Å². The molecule has 1 N–H and O–H groups in total. The van der Waals surface area contributed by atoms with Crippen molar-refractivity contribution < 1.29 is 9.18 Å². The minimum absolute atomic E-state index is 0.0810. The van der Waals surface area contributed by atoms with Crippen LogP contribution in [0, 0.1) is 19.7 Å². The number of halogens is 1. The predicted octanol–water partition coefficient (Wildman–Crippen LogP) is 4.20. The summed E-state index contributed by atoms with van der Waals surface area (Å²) in [5.74, 6) is 0.00462. The van der Waals surface area contributed by atoms with Crippen LogP contribution in [0.4, 0.5) is 4.39 Å². The third-order valence-corrected chi connectivity index (χ3v) is 7.74. The van der Waals surface area contributed by atoms with E-state index in [1.165, 1.54) is 24.5 Å². The van der Waals surface area contributed by atoms with Crippen molar-refractivity contribution in [3.05, 3.63) is 52.6 Å². The third-order valence-electron chi connectivity index (χ3n) is 7.74. The van der Waals surface area contributed by atoms with Crippen molar-refractivity contribution in [2.45, 2.75) is 76.7 Å². The van der Waals surface area contributed by atoms with Gasteiger partial charge in [-0.1, -0.05) is 25.0 Å². The number of carbonyl (C=O) groups is 1. The lowest BCUT2D eigenvalue weighted by molar-refractivity contribution is -0.122. The van der Waals surface area contributed by atoms with Crippen molar-refractivity contribution >= 4 is 5.91 Å². The van der Waals surface area contributed by atoms with Crippen molar-refractivity contribution in [1.82, 2.24) is 20.0 Å². The second-order valence-corrected chi connectivity index (χ2v) is 9.89. The van der Waals surface area contributed by atoms with E-state index in [1.807, 2.05) is 24.7 Å². The SMILES string of the molecule is Cc1nn(C)c(C)c1CCC(=O)NC1CCN(CC2(c3cccc(F)c3)CCCC2)CC1. The van der Waals surface area contributed by atoms with Gasteiger partial charge in [-0.15, -0.1) is 0 Å². The summed E-state index contributed by atoms with van der Waals surface area (Å²) in [6, 6.07) is 7.48. The van der Waals surface area contributed by atoms with Crippen molar-refractivity contribution in [2.24, 2.45) is 7.05 Å². The number of benzene rings is 1. The molecule has 1 aliphatic heterocycles. The second-order valence-electron chi connectivity index (χ2n) is 9.89. The lowest BCUT2D eigenvalue weighted by atomic mass is 9.78. The topological polar surface area (TPSA) is 50.2 Å². The maximum Gasteiger partial charge on any atom is 0.220 e. The Morgan fingerprint density at radius 1 is 1.22 bits per heavy atom. The minimum Gasteiger partial charge on any atom is -0.353 e. The molecule has 2 fully saturated rings. The summed E-state index contributed by atoms with van der Waals surface area (Å²) in [7, 11) is 1.95. The molecule has 1 aromatic heterocycles. The lowest BCUT2D eigenvalue weighted by Gasteiger charge is -2.39. The Morgan fingerprint density at radius 2 is 1.94 bits per heavy atom. The number of piperidine rings is 1. The molecular formula is C26H37FN4O. The fraction of sp³-hybridized carbons (Fsp3) is 0.615. The van der Waals surface area contributed by atoms with Crippen LogP contribution in [0.15, 0.2) is 24.3 Å². The fourth-order valence-corrected chi connectivity index (χ4v) is 5.79. The van der Waals surface area contributed by atoms with Crippen molar-refractivity contribution in [2.75, 3.05) is 19.6 Å². The summed E-state index contributed by atoms with van der Waals surface area (Å²) in [4.78, 5) is 15.1. The molecule has 2 aliphatic rings. The summed E-state index contributed by atoms with van der Waals surface area (Å²) in [6.45, 7) is 7.04. The standard InChI is InChI=1S/C26H37FN4O/c1-19-24(20(2)30(3)29-19)9-10-25(32)28-23-11-15-31(16-12-23)18-26(13-4-5-14-26)21-7-6-8-22(27)17-21/h6-8,17,23H,4-5,9-16,18H2,1-3H3,(H,28,32). The van der Waals surface area contributed by atoms with Crippen LogP contribution in [0.3, 0.4) is 0 Å². The van der Waals surface area contributed by atoms with Crippen molar-refractivity contribution in [3.8, 4) is 0 Å². The second kappa shape index (κ2) is 9.74. The number of aryl methyl sites for hydroxylation is 2. The summed E-state index contributed by atoms with van der Waals surface area (Å²) >= 11 is 0. The number of likely N-dealkylation sites (tertiary alicyclic amines) is 1. The third kappa shape index (κ3) is 5.06. The first-order valence-corrected chi connectivity index (χ1v) is 12.1. The zero-order chi connectivity index (χ0) is 22.7. The smallest absolute Gasteiger partial charge is 0.220 e. The van der Waals surface area contributed by atoms with Gasteiger partial charge in [-0.2, -0.15) is 5.10 Å². The fourth-order valence-electron chi connectivity index (χ4n) is 5.79. The van der Waals surface area contributed by atoms with Gasteiger partial charge in [0.2, 0.25) is 5.91 Å². The van der Waals surface area contributed by atoms with E-state index in [1.54, 1.807) is 6.07 Å². The molecule has 1 saturated heterocycles. The Hall–Kier alpha value is -2.21. The number of hydrogen-bond donors (Lipinski definition) is 1. The molecule has 0 atom stereocenters. The molecule has 32 heavy (non-hydrogen) atoms. The predicted molar refractivity (Wildman–Crippen MR) is 125 cm³/mol. The van der Waals surface area contributed by atoms with Crippen LogP contribution >= 0.6 is 0 Å². The van der Waals surface area contributed by atoms with Crippen LogP contribution in [0.1, 0.15) is 67.5 Å². The molecule has 2 aromatic rings. The van der Waals surface area contributed by atoms with Gasteiger partial charge >= 0.3 is 0 Å². The zero-order valence-corrected chi connectivity index (χ0v) is 19.8. The van der Waals surface area contributed by atoms with E-state index < -0.39 is 0 Å². The number of amides is 1. The average molecular weight is 441 g/mol. The van der Waals surface area contributed by atoms with Crippen LogP contribution in [-0.2, 0) is 23.7 Å². The molecule has 1 saturated carbocycles. The number of aromatic nitrogens is 2. The minimum atomic E-state index is -0.133. The quantitative estimate of drug-likeness (QED) is 0.702. The van der Waals surface area contributed by atoms with Crippen molar-refractivity contribution in [3.63, 3.8) is 0 Å². The van der Waals surface area contributed by atoms with Crippen LogP contribution in [0.25, 0.3) is 0 Å². The first-order chi connectivity index (χ1) is 15.4. The highest BCUT2D eigenvalue weighted by Crippen LogP contribution is 2.42. The van der Waals surface area contributed by atoms with Crippen LogP contribution in [0.2, 0.25) is 0 Å². The van der Waals surface area contributed by atoms with E-state index in [0.717, 1.165) is 68.7 Å². The maximum atomic E-state index is 13.9. The Bertz CT molecular complexity index is 939. The number of carbonyl (C=O) groups excluding carboxylic acids is 1.